The fourth-order valence-electron chi connectivity index (χ4n) is 1.93. The molecule has 0 aliphatic rings. The van der Waals surface area contributed by atoms with Crippen LogP contribution in [0.1, 0.15) is 16.7 Å². The summed E-state index contributed by atoms with van der Waals surface area (Å²) in [5.41, 5.74) is 5.28. The molecule has 0 fully saturated rings. The van der Waals surface area contributed by atoms with Crippen LogP contribution in [0.3, 0.4) is 0 Å². The van der Waals surface area contributed by atoms with E-state index in [4.69, 9.17) is 0 Å². The highest BCUT2D eigenvalue weighted by atomic mass is 32.2. The van der Waals surface area contributed by atoms with E-state index in [9.17, 15) is 0 Å². The van der Waals surface area contributed by atoms with E-state index in [2.05, 4.69) is 67.9 Å². The van der Waals surface area contributed by atoms with Gasteiger partial charge in [0, 0.05) is 17.1 Å². The largest absolute Gasteiger partial charge is 0.381 e. The maximum absolute atomic E-state index is 3.49. The number of anilines is 1. The van der Waals surface area contributed by atoms with Crippen LogP contribution in [0.5, 0.6) is 0 Å². The third-order valence-corrected chi connectivity index (χ3v) is 3.99. The van der Waals surface area contributed by atoms with Crippen LogP contribution in [-0.4, -0.2) is 6.26 Å². The molecule has 0 aromatic heterocycles. The van der Waals surface area contributed by atoms with Crippen molar-refractivity contribution in [2.45, 2.75) is 25.3 Å². The molecular formula is C16H19NS. The molecular weight excluding hydrogens is 238 g/mol. The van der Waals surface area contributed by atoms with Crippen molar-refractivity contribution in [2.24, 2.45) is 0 Å². The molecule has 0 aliphatic heterocycles. The van der Waals surface area contributed by atoms with E-state index in [0.717, 1.165) is 6.54 Å². The van der Waals surface area contributed by atoms with E-state index in [1.54, 1.807) is 11.8 Å². The first-order valence-corrected chi connectivity index (χ1v) is 7.36. The van der Waals surface area contributed by atoms with Crippen LogP contribution in [0.2, 0.25) is 0 Å². The lowest BCUT2D eigenvalue weighted by molar-refractivity contribution is 1.10. The molecule has 18 heavy (non-hydrogen) atoms. The van der Waals surface area contributed by atoms with Crippen LogP contribution in [0, 0.1) is 13.8 Å². The molecule has 0 unspecified atom stereocenters. The Labute approximate surface area is 114 Å². The van der Waals surface area contributed by atoms with Gasteiger partial charge in [-0.1, -0.05) is 24.3 Å². The predicted octanol–water partition coefficient (Wildman–Crippen LogP) is 4.64. The molecule has 2 aromatic carbocycles. The van der Waals surface area contributed by atoms with Crippen molar-refractivity contribution >= 4 is 17.4 Å². The maximum Gasteiger partial charge on any atom is 0.0403 e. The van der Waals surface area contributed by atoms with E-state index < -0.39 is 0 Å². The monoisotopic (exact) mass is 257 g/mol. The van der Waals surface area contributed by atoms with Crippen LogP contribution in [-0.2, 0) is 6.54 Å². The number of thioether (sulfide) groups is 1. The molecule has 2 rings (SSSR count). The Bertz CT molecular complexity index is 534. The highest BCUT2D eigenvalue weighted by Gasteiger charge is 2.01. The lowest BCUT2D eigenvalue weighted by Crippen LogP contribution is -2.02. The number of aryl methyl sites for hydroxylation is 1. The zero-order valence-electron chi connectivity index (χ0n) is 11.2. The Morgan fingerprint density at radius 1 is 1.06 bits per heavy atom. The summed E-state index contributed by atoms with van der Waals surface area (Å²) >= 11 is 1.77. The van der Waals surface area contributed by atoms with Gasteiger partial charge < -0.3 is 5.32 Å². The van der Waals surface area contributed by atoms with Gasteiger partial charge in [-0.15, -0.1) is 11.8 Å². The molecule has 2 heteroatoms. The van der Waals surface area contributed by atoms with Crippen molar-refractivity contribution in [3.63, 3.8) is 0 Å². The number of hydrogen-bond acceptors (Lipinski definition) is 2. The van der Waals surface area contributed by atoms with Crippen molar-refractivity contribution in [1.82, 2.24) is 0 Å². The van der Waals surface area contributed by atoms with E-state index >= 15 is 0 Å². The zero-order valence-corrected chi connectivity index (χ0v) is 12.0. The van der Waals surface area contributed by atoms with Crippen molar-refractivity contribution in [1.29, 1.82) is 0 Å². The van der Waals surface area contributed by atoms with Crippen molar-refractivity contribution < 1.29 is 0 Å². The summed E-state index contributed by atoms with van der Waals surface area (Å²) in [6, 6.07) is 15.0. The second-order valence-corrected chi connectivity index (χ2v) is 5.32. The molecule has 0 heterocycles. The fraction of sp³-hybridized carbons (Fsp3) is 0.250. The normalized spacial score (nSPS) is 10.4. The van der Waals surface area contributed by atoms with Gasteiger partial charge in [-0.05, 0) is 55.0 Å². The molecule has 0 radical (unpaired) electrons. The molecule has 0 bridgehead atoms. The Morgan fingerprint density at radius 3 is 2.61 bits per heavy atom. The van der Waals surface area contributed by atoms with Gasteiger partial charge in [-0.2, -0.15) is 0 Å². The molecule has 0 saturated carbocycles. The summed E-state index contributed by atoms with van der Waals surface area (Å²) in [6.45, 7) is 5.23. The summed E-state index contributed by atoms with van der Waals surface area (Å²) in [7, 11) is 0. The van der Waals surface area contributed by atoms with Crippen molar-refractivity contribution in [2.75, 3.05) is 11.6 Å². The van der Waals surface area contributed by atoms with Gasteiger partial charge in [0.15, 0.2) is 0 Å². The molecule has 0 aliphatic carbocycles. The second-order valence-electron chi connectivity index (χ2n) is 4.44. The molecule has 1 nitrogen and oxygen atoms in total. The van der Waals surface area contributed by atoms with Crippen molar-refractivity contribution in [3.05, 3.63) is 59.2 Å². The molecule has 1 N–H and O–H groups in total. The lowest BCUT2D eigenvalue weighted by Gasteiger charge is -2.11. The van der Waals surface area contributed by atoms with E-state index in [0.29, 0.717) is 0 Å². The Morgan fingerprint density at radius 2 is 1.83 bits per heavy atom. The summed E-state index contributed by atoms with van der Waals surface area (Å²) in [5.74, 6) is 0. The van der Waals surface area contributed by atoms with Gasteiger partial charge >= 0.3 is 0 Å². The van der Waals surface area contributed by atoms with Gasteiger partial charge in [0.1, 0.15) is 0 Å². The highest BCUT2D eigenvalue weighted by Crippen LogP contribution is 2.20. The maximum atomic E-state index is 3.49. The summed E-state index contributed by atoms with van der Waals surface area (Å²) in [5, 5.41) is 3.49. The van der Waals surface area contributed by atoms with E-state index in [-0.39, 0.29) is 0 Å². The van der Waals surface area contributed by atoms with E-state index in [1.165, 1.54) is 27.3 Å². The Balaban J connectivity index is 2.09. The molecule has 0 saturated heterocycles. The van der Waals surface area contributed by atoms with Crippen LogP contribution in [0.4, 0.5) is 5.69 Å². The fourth-order valence-corrected chi connectivity index (χ4v) is 2.39. The average Bonchev–Trinajstić information content (AvgIpc) is 2.41. The van der Waals surface area contributed by atoms with Crippen LogP contribution in [0.15, 0.2) is 47.4 Å². The molecule has 0 atom stereocenters. The quantitative estimate of drug-likeness (QED) is 0.801. The number of hydrogen-bond donors (Lipinski definition) is 1. The molecule has 2 aromatic rings. The third kappa shape index (κ3) is 3.08. The lowest BCUT2D eigenvalue weighted by atomic mass is 10.0. The average molecular weight is 257 g/mol. The van der Waals surface area contributed by atoms with E-state index in [1.807, 2.05) is 0 Å². The van der Waals surface area contributed by atoms with Gasteiger partial charge in [-0.3, -0.25) is 0 Å². The minimum absolute atomic E-state index is 0.880. The minimum Gasteiger partial charge on any atom is -0.381 e. The molecule has 0 amide bonds. The standard InChI is InChI=1S/C16H19NS/c1-12-6-4-7-14(13(12)2)11-17-15-8-5-9-16(10-15)18-3/h4-10,17H,11H2,1-3H3. The van der Waals surface area contributed by atoms with Crippen LogP contribution >= 0.6 is 11.8 Å². The molecule has 94 valence electrons. The van der Waals surface area contributed by atoms with Crippen LogP contribution in [0.25, 0.3) is 0 Å². The second kappa shape index (κ2) is 5.96. The SMILES string of the molecule is CSc1cccc(NCc2cccc(C)c2C)c1. The topological polar surface area (TPSA) is 12.0 Å². The van der Waals surface area contributed by atoms with Gasteiger partial charge in [0.2, 0.25) is 0 Å². The Hall–Kier alpha value is -1.41. The van der Waals surface area contributed by atoms with Crippen molar-refractivity contribution in [3.8, 4) is 0 Å². The number of rotatable bonds is 4. The van der Waals surface area contributed by atoms with Gasteiger partial charge in [0.25, 0.3) is 0 Å². The smallest absolute Gasteiger partial charge is 0.0403 e. The zero-order chi connectivity index (χ0) is 13.0. The van der Waals surface area contributed by atoms with Crippen LogP contribution < -0.4 is 5.32 Å². The number of nitrogens with one attached hydrogen (secondary N) is 1. The first-order valence-electron chi connectivity index (χ1n) is 6.13. The summed E-state index contributed by atoms with van der Waals surface area (Å²) < 4.78 is 0. The third-order valence-electron chi connectivity index (χ3n) is 3.27. The summed E-state index contributed by atoms with van der Waals surface area (Å²) in [6.07, 6.45) is 2.10. The number of benzene rings is 2. The first kappa shape index (κ1) is 13.0. The predicted molar refractivity (Wildman–Crippen MR) is 81.5 cm³/mol. The van der Waals surface area contributed by atoms with Gasteiger partial charge in [0.05, 0.1) is 0 Å². The minimum atomic E-state index is 0.880. The first-order chi connectivity index (χ1) is 8.70. The summed E-state index contributed by atoms with van der Waals surface area (Å²) in [4.78, 5) is 1.29. The Kier molecular flexibility index (Phi) is 4.32. The molecule has 0 spiro atoms. The highest BCUT2D eigenvalue weighted by molar-refractivity contribution is 7.98. The van der Waals surface area contributed by atoms with Gasteiger partial charge in [-0.25, -0.2) is 0 Å².